The van der Waals surface area contributed by atoms with E-state index in [0.29, 0.717) is 4.21 Å². The van der Waals surface area contributed by atoms with E-state index >= 15 is 0 Å². The lowest BCUT2D eigenvalue weighted by Crippen LogP contribution is -2.29. The Balaban J connectivity index is 2.30. The first kappa shape index (κ1) is 13.3. The molecule has 0 aliphatic carbocycles. The van der Waals surface area contributed by atoms with Crippen LogP contribution in [0.4, 0.5) is 0 Å². The fourth-order valence-electron chi connectivity index (χ4n) is 1.70. The Hall–Kier alpha value is -1.17. The average Bonchev–Trinajstić information content (AvgIpc) is 2.92. The fourth-order valence-corrected chi connectivity index (χ4v) is 4.23. The van der Waals surface area contributed by atoms with Gasteiger partial charge in [0.25, 0.3) is 10.0 Å². The molecule has 1 atom stereocenters. The maximum absolute atomic E-state index is 12.3. The molecule has 0 radical (unpaired) electrons. The lowest BCUT2D eigenvalue weighted by atomic mass is 10.1. The summed E-state index contributed by atoms with van der Waals surface area (Å²) in [5.74, 6) is 0. The Labute approximate surface area is 112 Å². The second-order valence-electron chi connectivity index (χ2n) is 4.04. The van der Waals surface area contributed by atoms with Gasteiger partial charge < -0.3 is 0 Å². The first-order chi connectivity index (χ1) is 8.53. The van der Waals surface area contributed by atoms with Gasteiger partial charge in [-0.2, -0.15) is 4.31 Å². The molecule has 3 nitrogen and oxygen atoms in total. The van der Waals surface area contributed by atoms with Gasteiger partial charge >= 0.3 is 0 Å². The van der Waals surface area contributed by atoms with Gasteiger partial charge in [-0.3, -0.25) is 0 Å². The molecule has 2 rings (SSSR count). The summed E-state index contributed by atoms with van der Waals surface area (Å²) in [6.45, 7) is 1.89. The summed E-state index contributed by atoms with van der Waals surface area (Å²) in [6.07, 6.45) is 0. The molecule has 1 heterocycles. The number of nitrogens with zero attached hydrogens (tertiary/aromatic N) is 1. The SMILES string of the molecule is C[C@H](c1ccccc1)N(C)S(=O)(=O)c1cccs1. The topological polar surface area (TPSA) is 37.4 Å². The highest BCUT2D eigenvalue weighted by molar-refractivity contribution is 7.91. The fraction of sp³-hybridized carbons (Fsp3) is 0.231. The largest absolute Gasteiger partial charge is 0.252 e. The average molecular weight is 281 g/mol. The summed E-state index contributed by atoms with van der Waals surface area (Å²) >= 11 is 1.24. The van der Waals surface area contributed by atoms with E-state index in [4.69, 9.17) is 0 Å². The highest BCUT2D eigenvalue weighted by Gasteiger charge is 2.26. The van der Waals surface area contributed by atoms with E-state index in [1.807, 2.05) is 37.3 Å². The predicted octanol–water partition coefficient (Wildman–Crippen LogP) is 3.13. The third-order valence-corrected chi connectivity index (χ3v) is 6.26. The van der Waals surface area contributed by atoms with Crippen molar-refractivity contribution in [2.24, 2.45) is 0 Å². The highest BCUT2D eigenvalue weighted by Crippen LogP contribution is 2.27. The Bertz CT molecular complexity index is 591. The van der Waals surface area contributed by atoms with Crippen LogP contribution in [0.15, 0.2) is 52.1 Å². The van der Waals surface area contributed by atoms with Crippen LogP contribution in [0.3, 0.4) is 0 Å². The molecule has 1 aromatic heterocycles. The smallest absolute Gasteiger partial charge is 0.206 e. The Kier molecular flexibility index (Phi) is 3.85. The van der Waals surface area contributed by atoms with Crippen molar-refractivity contribution in [3.63, 3.8) is 0 Å². The molecule has 2 aromatic rings. The van der Waals surface area contributed by atoms with Gasteiger partial charge in [0.2, 0.25) is 0 Å². The zero-order chi connectivity index (χ0) is 13.2. The van der Waals surface area contributed by atoms with Crippen molar-refractivity contribution in [1.29, 1.82) is 0 Å². The third kappa shape index (κ3) is 2.48. The first-order valence-electron chi connectivity index (χ1n) is 5.60. The molecule has 0 unspecified atom stereocenters. The van der Waals surface area contributed by atoms with E-state index in [1.165, 1.54) is 15.6 Å². The molecule has 0 N–H and O–H groups in total. The molecular formula is C13H15NO2S2. The van der Waals surface area contributed by atoms with Gasteiger partial charge in [-0.1, -0.05) is 36.4 Å². The summed E-state index contributed by atoms with van der Waals surface area (Å²) in [5, 5.41) is 1.77. The monoisotopic (exact) mass is 281 g/mol. The van der Waals surface area contributed by atoms with Crippen LogP contribution in [0.5, 0.6) is 0 Å². The predicted molar refractivity (Wildman–Crippen MR) is 74.1 cm³/mol. The number of thiophene rings is 1. The molecular weight excluding hydrogens is 266 g/mol. The van der Waals surface area contributed by atoms with Gasteiger partial charge in [0.15, 0.2) is 0 Å². The van der Waals surface area contributed by atoms with E-state index in [9.17, 15) is 8.42 Å². The van der Waals surface area contributed by atoms with Gasteiger partial charge in [-0.25, -0.2) is 8.42 Å². The summed E-state index contributed by atoms with van der Waals surface area (Å²) in [7, 11) is -1.77. The first-order valence-corrected chi connectivity index (χ1v) is 7.92. The lowest BCUT2D eigenvalue weighted by Gasteiger charge is -2.23. The van der Waals surface area contributed by atoms with Gasteiger partial charge in [0.1, 0.15) is 4.21 Å². The Morgan fingerprint density at radius 2 is 1.78 bits per heavy atom. The number of hydrogen-bond acceptors (Lipinski definition) is 3. The zero-order valence-electron chi connectivity index (χ0n) is 10.3. The lowest BCUT2D eigenvalue weighted by molar-refractivity contribution is 0.399. The second kappa shape index (κ2) is 5.22. The van der Waals surface area contributed by atoms with Crippen molar-refractivity contribution in [2.75, 3.05) is 7.05 Å². The van der Waals surface area contributed by atoms with Crippen LogP contribution >= 0.6 is 11.3 Å². The molecule has 96 valence electrons. The molecule has 0 aliphatic heterocycles. The Morgan fingerprint density at radius 1 is 1.11 bits per heavy atom. The summed E-state index contributed by atoms with van der Waals surface area (Å²) in [6, 6.07) is 12.8. The second-order valence-corrected chi connectivity index (χ2v) is 7.21. The number of hydrogen-bond donors (Lipinski definition) is 0. The van der Waals surface area contributed by atoms with Crippen LogP contribution in [0, 0.1) is 0 Å². The van der Waals surface area contributed by atoms with Crippen molar-refractivity contribution < 1.29 is 8.42 Å². The van der Waals surface area contributed by atoms with Crippen molar-refractivity contribution in [1.82, 2.24) is 4.31 Å². The standard InChI is InChI=1S/C13H15NO2S2/c1-11(12-7-4-3-5-8-12)14(2)18(15,16)13-9-6-10-17-13/h3-11H,1-2H3/t11-/m1/s1. The minimum atomic E-state index is -3.39. The van der Waals surface area contributed by atoms with Crippen molar-refractivity contribution in [3.05, 3.63) is 53.4 Å². The van der Waals surface area contributed by atoms with Crippen LogP contribution in [0.1, 0.15) is 18.5 Å². The highest BCUT2D eigenvalue weighted by atomic mass is 32.2. The molecule has 0 aliphatic rings. The minimum Gasteiger partial charge on any atom is -0.206 e. The molecule has 0 bridgehead atoms. The van der Waals surface area contributed by atoms with E-state index in [2.05, 4.69) is 0 Å². The maximum Gasteiger partial charge on any atom is 0.252 e. The van der Waals surface area contributed by atoms with Crippen LogP contribution in [0.2, 0.25) is 0 Å². The normalized spacial score (nSPS) is 13.7. The van der Waals surface area contributed by atoms with Gasteiger partial charge in [0.05, 0.1) is 0 Å². The molecule has 1 aromatic carbocycles. The maximum atomic E-state index is 12.3. The number of benzene rings is 1. The van der Waals surface area contributed by atoms with Crippen molar-refractivity contribution in [3.8, 4) is 0 Å². The minimum absolute atomic E-state index is 0.182. The van der Waals surface area contributed by atoms with E-state index in [1.54, 1.807) is 24.6 Å². The summed E-state index contributed by atoms with van der Waals surface area (Å²) in [5.41, 5.74) is 0.986. The zero-order valence-corrected chi connectivity index (χ0v) is 11.9. The van der Waals surface area contributed by atoms with Crippen molar-refractivity contribution >= 4 is 21.4 Å². The number of rotatable bonds is 4. The molecule has 0 saturated carbocycles. The molecule has 0 fully saturated rings. The molecule has 0 saturated heterocycles. The van der Waals surface area contributed by atoms with Gasteiger partial charge in [-0.15, -0.1) is 11.3 Å². The molecule has 5 heteroatoms. The summed E-state index contributed by atoms with van der Waals surface area (Å²) < 4.78 is 26.5. The third-order valence-electron chi connectivity index (χ3n) is 2.96. The quantitative estimate of drug-likeness (QED) is 0.863. The van der Waals surface area contributed by atoms with Crippen LogP contribution in [-0.4, -0.2) is 19.8 Å². The van der Waals surface area contributed by atoms with Gasteiger partial charge in [-0.05, 0) is 23.9 Å². The molecule has 0 amide bonds. The van der Waals surface area contributed by atoms with E-state index in [0.717, 1.165) is 5.56 Å². The van der Waals surface area contributed by atoms with Crippen LogP contribution in [-0.2, 0) is 10.0 Å². The van der Waals surface area contributed by atoms with E-state index < -0.39 is 10.0 Å². The number of sulfonamides is 1. The van der Waals surface area contributed by atoms with Crippen molar-refractivity contribution in [2.45, 2.75) is 17.2 Å². The Morgan fingerprint density at radius 3 is 2.33 bits per heavy atom. The van der Waals surface area contributed by atoms with E-state index in [-0.39, 0.29) is 6.04 Å². The summed E-state index contributed by atoms with van der Waals surface area (Å²) in [4.78, 5) is 0. The van der Waals surface area contributed by atoms with Crippen LogP contribution in [0.25, 0.3) is 0 Å². The van der Waals surface area contributed by atoms with Crippen LogP contribution < -0.4 is 0 Å². The molecule has 18 heavy (non-hydrogen) atoms. The molecule has 0 spiro atoms. The van der Waals surface area contributed by atoms with Gasteiger partial charge in [0, 0.05) is 13.1 Å².